The Hall–Kier alpha value is -1.57. The molecule has 0 saturated heterocycles. The van der Waals surface area contributed by atoms with Gasteiger partial charge in [0.05, 0.1) is 5.69 Å². The molecular formula is C13H13Cl2N3O. The first kappa shape index (κ1) is 15.5. The molecule has 0 radical (unpaired) electrons. The predicted molar refractivity (Wildman–Crippen MR) is 77.6 cm³/mol. The van der Waals surface area contributed by atoms with Crippen molar-refractivity contribution in [3.63, 3.8) is 0 Å². The van der Waals surface area contributed by atoms with Crippen LogP contribution in [-0.2, 0) is 4.79 Å². The van der Waals surface area contributed by atoms with E-state index in [0.717, 1.165) is 0 Å². The van der Waals surface area contributed by atoms with Gasteiger partial charge in [0.25, 0.3) is 0 Å². The van der Waals surface area contributed by atoms with Gasteiger partial charge >= 0.3 is 0 Å². The highest BCUT2D eigenvalue weighted by Gasteiger charge is 2.26. The molecule has 0 saturated carbocycles. The van der Waals surface area contributed by atoms with Crippen LogP contribution in [0.25, 0.3) is 0 Å². The first-order chi connectivity index (χ1) is 8.74. The number of rotatable bonds is 3. The van der Waals surface area contributed by atoms with Gasteiger partial charge in [-0.2, -0.15) is 10.4 Å². The minimum Gasteiger partial charge on any atom is -0.291 e. The van der Waals surface area contributed by atoms with Crippen LogP contribution >= 0.6 is 23.2 Å². The zero-order valence-electron chi connectivity index (χ0n) is 10.8. The van der Waals surface area contributed by atoms with Crippen LogP contribution in [0.2, 0.25) is 10.0 Å². The third kappa shape index (κ3) is 4.55. The number of carbonyl (C=O) groups excluding carboxylic acids is 1. The number of benzene rings is 1. The van der Waals surface area contributed by atoms with Crippen LogP contribution in [0.4, 0.5) is 5.69 Å². The number of hydrogen-bond acceptors (Lipinski definition) is 4. The molecule has 0 aromatic heterocycles. The van der Waals surface area contributed by atoms with Gasteiger partial charge in [-0.1, -0.05) is 44.0 Å². The van der Waals surface area contributed by atoms with Crippen LogP contribution in [0.1, 0.15) is 20.8 Å². The van der Waals surface area contributed by atoms with Crippen LogP contribution in [0.15, 0.2) is 23.3 Å². The molecule has 6 heteroatoms. The van der Waals surface area contributed by atoms with Crippen LogP contribution < -0.4 is 5.43 Å². The lowest BCUT2D eigenvalue weighted by Crippen LogP contribution is -2.28. The maximum Gasteiger partial charge on any atom is 0.204 e. The maximum atomic E-state index is 11.9. The van der Waals surface area contributed by atoms with E-state index in [2.05, 4.69) is 10.5 Å². The largest absolute Gasteiger partial charge is 0.291 e. The van der Waals surface area contributed by atoms with E-state index in [0.29, 0.717) is 15.7 Å². The molecule has 1 rings (SSSR count). The summed E-state index contributed by atoms with van der Waals surface area (Å²) >= 11 is 11.7. The van der Waals surface area contributed by atoms with Crippen molar-refractivity contribution in [2.24, 2.45) is 10.5 Å². The van der Waals surface area contributed by atoms with E-state index in [1.54, 1.807) is 45.0 Å². The van der Waals surface area contributed by atoms with Crippen LogP contribution in [0, 0.1) is 16.7 Å². The van der Waals surface area contributed by atoms with E-state index in [4.69, 9.17) is 28.5 Å². The van der Waals surface area contributed by atoms with Gasteiger partial charge < -0.3 is 0 Å². The average Bonchev–Trinajstić information content (AvgIpc) is 2.27. The fourth-order valence-corrected chi connectivity index (χ4v) is 1.75. The first-order valence-corrected chi connectivity index (χ1v) is 6.24. The monoisotopic (exact) mass is 297 g/mol. The lowest BCUT2D eigenvalue weighted by Gasteiger charge is -2.14. The number of halogens is 2. The number of nitriles is 1. The summed E-state index contributed by atoms with van der Waals surface area (Å²) in [6, 6.07) is 6.53. The van der Waals surface area contributed by atoms with Gasteiger partial charge in [0.2, 0.25) is 5.71 Å². The second kappa shape index (κ2) is 6.05. The normalized spacial score (nSPS) is 11.9. The number of nitrogens with zero attached hydrogens (tertiary/aromatic N) is 2. The Morgan fingerprint density at radius 1 is 1.26 bits per heavy atom. The Kier molecular flexibility index (Phi) is 4.93. The first-order valence-electron chi connectivity index (χ1n) is 5.48. The van der Waals surface area contributed by atoms with Crippen molar-refractivity contribution in [2.45, 2.75) is 20.8 Å². The number of Topliss-reactive ketones (excluding diaryl/α,β-unsaturated/α-hetero) is 1. The van der Waals surface area contributed by atoms with Crippen molar-refractivity contribution in [1.29, 1.82) is 5.26 Å². The number of anilines is 1. The summed E-state index contributed by atoms with van der Waals surface area (Å²) in [6.45, 7) is 5.16. The van der Waals surface area contributed by atoms with Crippen molar-refractivity contribution in [2.75, 3.05) is 5.43 Å². The molecule has 0 heterocycles. The Bertz CT molecular complexity index is 548. The summed E-state index contributed by atoms with van der Waals surface area (Å²) in [6.07, 6.45) is 0. The van der Waals surface area contributed by atoms with Crippen LogP contribution in [0.5, 0.6) is 0 Å². The standard InChI is InChI=1S/C13H13Cl2N3O/c1-13(2,3)12(19)11(7-16)18-17-10-5-8(14)4-9(15)6-10/h4-6,17H,1-3H3. The van der Waals surface area contributed by atoms with E-state index in [1.165, 1.54) is 0 Å². The van der Waals surface area contributed by atoms with Gasteiger partial charge in [-0.25, -0.2) is 0 Å². The highest BCUT2D eigenvalue weighted by atomic mass is 35.5. The predicted octanol–water partition coefficient (Wildman–Crippen LogP) is 3.90. The molecule has 0 atom stereocenters. The van der Waals surface area contributed by atoms with Gasteiger partial charge in [-0.15, -0.1) is 0 Å². The fourth-order valence-electron chi connectivity index (χ4n) is 1.22. The maximum absolute atomic E-state index is 11.9. The van der Waals surface area contributed by atoms with E-state index < -0.39 is 5.41 Å². The molecule has 0 aliphatic heterocycles. The number of hydrogen-bond donors (Lipinski definition) is 1. The van der Waals surface area contributed by atoms with Gasteiger partial charge in [-0.3, -0.25) is 10.2 Å². The van der Waals surface area contributed by atoms with E-state index in [1.807, 2.05) is 0 Å². The molecule has 0 unspecified atom stereocenters. The molecule has 0 aliphatic carbocycles. The van der Waals surface area contributed by atoms with Crippen LogP contribution in [-0.4, -0.2) is 11.5 Å². The quantitative estimate of drug-likeness (QED) is 0.680. The lowest BCUT2D eigenvalue weighted by molar-refractivity contribution is -0.119. The Morgan fingerprint density at radius 3 is 2.21 bits per heavy atom. The molecule has 19 heavy (non-hydrogen) atoms. The summed E-state index contributed by atoms with van der Waals surface area (Å²) in [5.74, 6) is -0.337. The van der Waals surface area contributed by atoms with Gasteiger partial charge in [-0.05, 0) is 18.2 Å². The molecule has 0 bridgehead atoms. The third-order valence-electron chi connectivity index (χ3n) is 2.16. The molecule has 0 amide bonds. The molecule has 0 fully saturated rings. The second-order valence-electron chi connectivity index (χ2n) is 4.92. The summed E-state index contributed by atoms with van der Waals surface area (Å²) in [4.78, 5) is 11.9. The zero-order valence-corrected chi connectivity index (χ0v) is 12.3. The van der Waals surface area contributed by atoms with Gasteiger partial charge in [0.1, 0.15) is 6.07 Å². The van der Waals surface area contributed by atoms with Crippen molar-refractivity contribution in [3.05, 3.63) is 28.2 Å². The fraction of sp³-hybridized carbons (Fsp3) is 0.308. The van der Waals surface area contributed by atoms with Crippen molar-refractivity contribution in [1.82, 2.24) is 0 Å². The minimum absolute atomic E-state index is 0.191. The summed E-state index contributed by atoms with van der Waals surface area (Å²) in [5.41, 5.74) is 2.26. The number of ketones is 1. The third-order valence-corrected chi connectivity index (χ3v) is 2.60. The van der Waals surface area contributed by atoms with E-state index in [-0.39, 0.29) is 11.5 Å². The van der Waals surface area contributed by atoms with Crippen molar-refractivity contribution >= 4 is 40.4 Å². The zero-order chi connectivity index (χ0) is 14.6. The number of nitrogens with one attached hydrogen (secondary N) is 1. The van der Waals surface area contributed by atoms with Crippen LogP contribution in [0.3, 0.4) is 0 Å². The van der Waals surface area contributed by atoms with Crippen molar-refractivity contribution in [3.8, 4) is 6.07 Å². The molecule has 0 aliphatic rings. The summed E-state index contributed by atoms with van der Waals surface area (Å²) < 4.78 is 0. The smallest absolute Gasteiger partial charge is 0.204 e. The number of carbonyl (C=O) groups is 1. The minimum atomic E-state index is -0.664. The van der Waals surface area contributed by atoms with Gasteiger partial charge in [0, 0.05) is 15.5 Å². The summed E-state index contributed by atoms with van der Waals surface area (Å²) in [7, 11) is 0. The highest BCUT2D eigenvalue weighted by Crippen LogP contribution is 2.22. The Balaban J connectivity index is 2.96. The summed E-state index contributed by atoms with van der Waals surface area (Å²) in [5, 5.41) is 13.6. The van der Waals surface area contributed by atoms with Crippen molar-refractivity contribution < 1.29 is 4.79 Å². The second-order valence-corrected chi connectivity index (χ2v) is 5.79. The van der Waals surface area contributed by atoms with E-state index >= 15 is 0 Å². The topological polar surface area (TPSA) is 65.2 Å². The highest BCUT2D eigenvalue weighted by molar-refractivity contribution is 6.47. The molecule has 1 aromatic carbocycles. The molecular weight excluding hydrogens is 285 g/mol. The molecule has 1 aromatic rings. The molecule has 4 nitrogen and oxygen atoms in total. The molecule has 0 spiro atoms. The average molecular weight is 298 g/mol. The Morgan fingerprint density at radius 2 is 1.79 bits per heavy atom. The molecule has 100 valence electrons. The molecule has 1 N–H and O–H groups in total. The SMILES string of the molecule is CC(C)(C)C(=O)C(C#N)=NNc1cc(Cl)cc(Cl)c1. The lowest BCUT2D eigenvalue weighted by atomic mass is 9.88. The number of hydrazone groups is 1. The van der Waals surface area contributed by atoms with Gasteiger partial charge in [0.15, 0.2) is 5.78 Å². The Labute approximate surface area is 122 Å². The van der Waals surface area contributed by atoms with E-state index in [9.17, 15) is 4.79 Å².